The van der Waals surface area contributed by atoms with E-state index in [0.29, 0.717) is 0 Å². The van der Waals surface area contributed by atoms with Crippen LogP contribution in [0.3, 0.4) is 0 Å². The Morgan fingerprint density at radius 2 is 1.21 bits per heavy atom. The lowest BCUT2D eigenvalue weighted by atomic mass is 9.95. The summed E-state index contributed by atoms with van der Waals surface area (Å²) in [5, 5.41) is 1.87. The number of benzene rings is 4. The largest absolute Gasteiger partial charge is 0.322 e. The highest BCUT2D eigenvalue weighted by molar-refractivity contribution is 7.89. The molecule has 0 amide bonds. The van der Waals surface area contributed by atoms with Crippen molar-refractivity contribution in [2.45, 2.75) is 17.0 Å². The van der Waals surface area contributed by atoms with E-state index < -0.39 is 22.1 Å². The van der Waals surface area contributed by atoms with Gasteiger partial charge in [0.25, 0.3) is 0 Å². The normalized spacial score (nSPS) is 13.8. The minimum atomic E-state index is -3.78. The summed E-state index contributed by atoms with van der Waals surface area (Å²) in [7, 11) is -3.78. The highest BCUT2D eigenvalue weighted by atomic mass is 32.2. The molecule has 0 aliphatic heterocycles. The van der Waals surface area contributed by atoms with Crippen LogP contribution < -0.4 is 10.5 Å². The lowest BCUT2D eigenvalue weighted by Crippen LogP contribution is -2.36. The maximum atomic E-state index is 13.2. The van der Waals surface area contributed by atoms with Gasteiger partial charge in [-0.25, -0.2) is 13.1 Å². The Morgan fingerprint density at radius 3 is 1.86 bits per heavy atom. The van der Waals surface area contributed by atoms with Gasteiger partial charge in [-0.3, -0.25) is 0 Å². The summed E-state index contributed by atoms with van der Waals surface area (Å²) in [5.74, 6) is 0. The third kappa shape index (κ3) is 4.22. The van der Waals surface area contributed by atoms with Crippen LogP contribution in [0.1, 0.15) is 23.2 Å². The molecule has 4 aromatic rings. The summed E-state index contributed by atoms with van der Waals surface area (Å²) in [4.78, 5) is 0.220. The SMILES string of the molecule is NC(c1ccccc1)[C@H](NS(=O)(=O)c1ccc2ccccc2c1)c1ccccc1. The monoisotopic (exact) mass is 402 g/mol. The van der Waals surface area contributed by atoms with Gasteiger partial charge in [0, 0.05) is 0 Å². The van der Waals surface area contributed by atoms with Crippen LogP contribution >= 0.6 is 0 Å². The summed E-state index contributed by atoms with van der Waals surface area (Å²) in [6.07, 6.45) is 0. The summed E-state index contributed by atoms with van der Waals surface area (Å²) in [6.45, 7) is 0. The van der Waals surface area contributed by atoms with E-state index in [4.69, 9.17) is 5.73 Å². The van der Waals surface area contributed by atoms with E-state index in [1.165, 1.54) is 0 Å². The fraction of sp³-hybridized carbons (Fsp3) is 0.0833. The molecule has 5 heteroatoms. The Labute approximate surface area is 171 Å². The summed E-state index contributed by atoms with van der Waals surface area (Å²) in [6, 6.07) is 30.6. The molecule has 4 rings (SSSR count). The molecule has 0 fully saturated rings. The van der Waals surface area contributed by atoms with Crippen molar-refractivity contribution in [1.82, 2.24) is 4.72 Å². The number of nitrogens with two attached hydrogens (primary N) is 1. The van der Waals surface area contributed by atoms with Gasteiger partial charge >= 0.3 is 0 Å². The quantitative estimate of drug-likeness (QED) is 0.497. The Bertz CT molecular complexity index is 1210. The van der Waals surface area contributed by atoms with Crippen LogP contribution in [0.15, 0.2) is 108 Å². The van der Waals surface area contributed by atoms with Crippen molar-refractivity contribution in [3.05, 3.63) is 114 Å². The molecule has 0 heterocycles. The topological polar surface area (TPSA) is 72.2 Å². The van der Waals surface area contributed by atoms with E-state index in [1.54, 1.807) is 12.1 Å². The third-order valence-corrected chi connectivity index (χ3v) is 6.45. The van der Waals surface area contributed by atoms with Gasteiger partial charge in [0.1, 0.15) is 0 Å². The maximum Gasteiger partial charge on any atom is 0.241 e. The van der Waals surface area contributed by atoms with E-state index in [9.17, 15) is 8.42 Å². The molecule has 4 aromatic carbocycles. The Hall–Kier alpha value is -2.99. The molecule has 3 N–H and O–H groups in total. The number of nitrogens with one attached hydrogen (secondary N) is 1. The molecule has 0 aliphatic carbocycles. The lowest BCUT2D eigenvalue weighted by molar-refractivity contribution is 0.504. The van der Waals surface area contributed by atoms with Crippen molar-refractivity contribution in [3.8, 4) is 0 Å². The minimum Gasteiger partial charge on any atom is -0.322 e. The highest BCUT2D eigenvalue weighted by Gasteiger charge is 2.27. The second-order valence-corrected chi connectivity index (χ2v) is 8.67. The van der Waals surface area contributed by atoms with Crippen LogP contribution in [0.2, 0.25) is 0 Å². The summed E-state index contributed by atoms with van der Waals surface area (Å²) < 4.78 is 29.3. The van der Waals surface area contributed by atoms with E-state index in [0.717, 1.165) is 21.9 Å². The predicted molar refractivity (Wildman–Crippen MR) is 117 cm³/mol. The molecule has 0 saturated carbocycles. The predicted octanol–water partition coefficient (Wildman–Crippen LogP) is 4.56. The number of sulfonamides is 1. The van der Waals surface area contributed by atoms with E-state index in [-0.39, 0.29) is 4.90 Å². The fourth-order valence-corrected chi connectivity index (χ4v) is 4.73. The van der Waals surface area contributed by atoms with Gasteiger partial charge in [0.05, 0.1) is 17.0 Å². The van der Waals surface area contributed by atoms with Crippen molar-refractivity contribution in [2.75, 3.05) is 0 Å². The second-order valence-electron chi connectivity index (χ2n) is 6.96. The van der Waals surface area contributed by atoms with Crippen molar-refractivity contribution in [2.24, 2.45) is 5.73 Å². The van der Waals surface area contributed by atoms with Gasteiger partial charge in [0.2, 0.25) is 10.0 Å². The summed E-state index contributed by atoms with van der Waals surface area (Å²) >= 11 is 0. The van der Waals surface area contributed by atoms with Crippen molar-refractivity contribution < 1.29 is 8.42 Å². The maximum absolute atomic E-state index is 13.2. The fourth-order valence-electron chi connectivity index (χ4n) is 3.45. The number of hydrogen-bond acceptors (Lipinski definition) is 3. The van der Waals surface area contributed by atoms with Crippen molar-refractivity contribution >= 4 is 20.8 Å². The zero-order valence-corrected chi connectivity index (χ0v) is 16.6. The van der Waals surface area contributed by atoms with Crippen LogP contribution in [0.25, 0.3) is 10.8 Å². The molecule has 146 valence electrons. The zero-order chi connectivity index (χ0) is 20.3. The average Bonchev–Trinajstić information content (AvgIpc) is 2.78. The van der Waals surface area contributed by atoms with Crippen molar-refractivity contribution in [3.63, 3.8) is 0 Å². The first-order valence-electron chi connectivity index (χ1n) is 9.41. The molecule has 0 bridgehead atoms. The smallest absolute Gasteiger partial charge is 0.241 e. The standard InChI is InChI=1S/C24H22N2O2S/c25-23(19-10-3-1-4-11-19)24(20-12-5-2-6-13-20)26-29(27,28)22-16-15-18-9-7-8-14-21(18)17-22/h1-17,23-24,26H,25H2/t23?,24-/m1/s1. The molecular formula is C24H22N2O2S. The molecule has 0 spiro atoms. The minimum absolute atomic E-state index is 0.220. The van der Waals surface area contributed by atoms with Gasteiger partial charge in [-0.15, -0.1) is 0 Å². The Kier molecular flexibility index (Phi) is 5.45. The van der Waals surface area contributed by atoms with Crippen LogP contribution in [0.5, 0.6) is 0 Å². The van der Waals surface area contributed by atoms with E-state index >= 15 is 0 Å². The van der Waals surface area contributed by atoms with Crippen molar-refractivity contribution in [1.29, 1.82) is 0 Å². The van der Waals surface area contributed by atoms with E-state index in [1.807, 2.05) is 91.0 Å². The Morgan fingerprint density at radius 1 is 0.655 bits per heavy atom. The second kappa shape index (κ2) is 8.17. The first-order chi connectivity index (χ1) is 14.0. The molecule has 0 aliphatic rings. The first-order valence-corrected chi connectivity index (χ1v) is 10.9. The molecular weight excluding hydrogens is 380 g/mol. The molecule has 0 radical (unpaired) electrons. The Balaban J connectivity index is 1.72. The highest BCUT2D eigenvalue weighted by Crippen LogP contribution is 2.29. The zero-order valence-electron chi connectivity index (χ0n) is 15.8. The van der Waals surface area contributed by atoms with Gasteiger partial charge in [-0.1, -0.05) is 91.0 Å². The van der Waals surface area contributed by atoms with Crippen LogP contribution in [0.4, 0.5) is 0 Å². The molecule has 2 atom stereocenters. The van der Waals surface area contributed by atoms with Gasteiger partial charge in [0.15, 0.2) is 0 Å². The molecule has 1 unspecified atom stereocenters. The first kappa shape index (κ1) is 19.3. The number of hydrogen-bond donors (Lipinski definition) is 2. The number of fused-ring (bicyclic) bond motifs is 1. The van der Waals surface area contributed by atoms with Gasteiger partial charge in [-0.05, 0) is 34.0 Å². The molecule has 29 heavy (non-hydrogen) atoms. The number of rotatable bonds is 6. The van der Waals surface area contributed by atoms with Crippen LogP contribution in [-0.2, 0) is 10.0 Å². The lowest BCUT2D eigenvalue weighted by Gasteiger charge is -2.26. The molecule has 0 saturated heterocycles. The van der Waals surface area contributed by atoms with Gasteiger partial charge < -0.3 is 5.73 Å². The van der Waals surface area contributed by atoms with Gasteiger partial charge in [-0.2, -0.15) is 0 Å². The average molecular weight is 403 g/mol. The van der Waals surface area contributed by atoms with E-state index in [2.05, 4.69) is 4.72 Å². The third-order valence-electron chi connectivity index (χ3n) is 5.02. The van der Waals surface area contributed by atoms with Crippen LogP contribution in [0, 0.1) is 0 Å². The molecule has 4 nitrogen and oxygen atoms in total. The summed E-state index contributed by atoms with van der Waals surface area (Å²) in [5.41, 5.74) is 8.20. The van der Waals surface area contributed by atoms with Crippen LogP contribution in [-0.4, -0.2) is 8.42 Å². The molecule has 0 aromatic heterocycles.